The van der Waals surface area contributed by atoms with Crippen molar-refractivity contribution in [1.82, 2.24) is 15.1 Å². The van der Waals surface area contributed by atoms with Crippen LogP contribution in [0.2, 0.25) is 0 Å². The third kappa shape index (κ3) is 4.10. The van der Waals surface area contributed by atoms with E-state index in [0.29, 0.717) is 13.1 Å². The summed E-state index contributed by atoms with van der Waals surface area (Å²) in [6, 6.07) is 7.25. The molecular weight excluding hydrogens is 256 g/mol. The Morgan fingerprint density at radius 2 is 2.15 bits per heavy atom. The van der Waals surface area contributed by atoms with Crippen molar-refractivity contribution in [2.24, 2.45) is 0 Å². The average Bonchev–Trinajstić information content (AvgIpc) is 2.92. The fourth-order valence-corrected chi connectivity index (χ4v) is 1.85. The SMILES string of the molecule is COc1ccc(NC(=O)CN(C)Cc2cn[nH]c2)cc1. The van der Waals surface area contributed by atoms with Crippen LogP contribution in [0.1, 0.15) is 5.56 Å². The molecule has 0 saturated carbocycles. The lowest BCUT2D eigenvalue weighted by Crippen LogP contribution is -2.29. The number of carbonyl (C=O) groups excluding carboxylic acids is 1. The normalized spacial score (nSPS) is 10.6. The van der Waals surface area contributed by atoms with Crippen molar-refractivity contribution in [3.8, 4) is 5.75 Å². The van der Waals surface area contributed by atoms with Crippen LogP contribution in [0.25, 0.3) is 0 Å². The molecule has 0 unspecified atom stereocenters. The number of nitrogens with zero attached hydrogens (tertiary/aromatic N) is 2. The van der Waals surface area contributed by atoms with Crippen molar-refractivity contribution in [3.05, 3.63) is 42.2 Å². The predicted octanol–water partition coefficient (Wildman–Crippen LogP) is 1.49. The van der Waals surface area contributed by atoms with E-state index in [-0.39, 0.29) is 5.91 Å². The summed E-state index contributed by atoms with van der Waals surface area (Å²) in [5.74, 6) is 0.709. The summed E-state index contributed by atoms with van der Waals surface area (Å²) >= 11 is 0. The van der Waals surface area contributed by atoms with Crippen LogP contribution < -0.4 is 10.1 Å². The molecule has 0 aliphatic rings. The third-order valence-electron chi connectivity index (χ3n) is 2.79. The Bertz CT molecular complexity index is 537. The largest absolute Gasteiger partial charge is 0.497 e. The van der Waals surface area contributed by atoms with Crippen LogP contribution in [0.5, 0.6) is 5.75 Å². The Balaban J connectivity index is 1.82. The van der Waals surface area contributed by atoms with Gasteiger partial charge >= 0.3 is 0 Å². The van der Waals surface area contributed by atoms with Crippen LogP contribution in [0, 0.1) is 0 Å². The number of aromatic nitrogens is 2. The van der Waals surface area contributed by atoms with Crippen LogP contribution in [-0.4, -0.2) is 41.7 Å². The Labute approximate surface area is 117 Å². The zero-order chi connectivity index (χ0) is 14.4. The van der Waals surface area contributed by atoms with E-state index < -0.39 is 0 Å². The molecule has 1 amide bonds. The first-order chi connectivity index (χ1) is 9.67. The first kappa shape index (κ1) is 14.1. The molecule has 0 saturated heterocycles. The predicted molar refractivity (Wildman–Crippen MR) is 76.5 cm³/mol. The minimum Gasteiger partial charge on any atom is -0.497 e. The van der Waals surface area contributed by atoms with E-state index in [1.165, 1.54) is 0 Å². The number of rotatable bonds is 6. The summed E-state index contributed by atoms with van der Waals surface area (Å²) < 4.78 is 5.07. The zero-order valence-corrected chi connectivity index (χ0v) is 11.6. The van der Waals surface area contributed by atoms with Gasteiger partial charge in [-0.25, -0.2) is 0 Å². The van der Waals surface area contributed by atoms with Crippen LogP contribution >= 0.6 is 0 Å². The average molecular weight is 274 g/mol. The Hall–Kier alpha value is -2.34. The number of anilines is 1. The highest BCUT2D eigenvalue weighted by atomic mass is 16.5. The van der Waals surface area contributed by atoms with Gasteiger partial charge in [0.25, 0.3) is 0 Å². The molecule has 0 aliphatic carbocycles. The van der Waals surface area contributed by atoms with Crippen molar-refractivity contribution in [3.63, 3.8) is 0 Å². The number of hydrogen-bond donors (Lipinski definition) is 2. The Kier molecular flexibility index (Phi) is 4.73. The Morgan fingerprint density at radius 3 is 2.75 bits per heavy atom. The highest BCUT2D eigenvalue weighted by Crippen LogP contribution is 2.14. The molecule has 0 fully saturated rings. The number of amides is 1. The molecule has 1 heterocycles. The molecule has 0 bridgehead atoms. The van der Waals surface area contributed by atoms with Gasteiger partial charge in [-0.1, -0.05) is 0 Å². The lowest BCUT2D eigenvalue weighted by Gasteiger charge is -2.15. The minimum absolute atomic E-state index is 0.0545. The topological polar surface area (TPSA) is 70.2 Å². The summed E-state index contributed by atoms with van der Waals surface area (Å²) in [6.07, 6.45) is 3.57. The highest BCUT2D eigenvalue weighted by Gasteiger charge is 2.08. The number of ether oxygens (including phenoxy) is 1. The molecule has 0 atom stereocenters. The second-order valence-corrected chi connectivity index (χ2v) is 4.56. The van der Waals surface area contributed by atoms with E-state index in [1.54, 1.807) is 13.3 Å². The van der Waals surface area contributed by atoms with E-state index in [0.717, 1.165) is 17.0 Å². The van der Waals surface area contributed by atoms with Crippen LogP contribution in [0.4, 0.5) is 5.69 Å². The van der Waals surface area contributed by atoms with Crippen LogP contribution in [-0.2, 0) is 11.3 Å². The standard InChI is InChI=1S/C14H18N4O2/c1-18(9-11-7-15-16-8-11)10-14(19)17-12-3-5-13(20-2)6-4-12/h3-8H,9-10H2,1-2H3,(H,15,16)(H,17,19). The van der Waals surface area contributed by atoms with Gasteiger partial charge in [0.05, 0.1) is 19.9 Å². The summed E-state index contributed by atoms with van der Waals surface area (Å²) in [6.45, 7) is 0.990. The molecule has 6 heteroatoms. The van der Waals surface area contributed by atoms with Gasteiger partial charge in [0.2, 0.25) is 5.91 Å². The number of likely N-dealkylation sites (N-methyl/N-ethyl adjacent to an activating group) is 1. The van der Waals surface area contributed by atoms with E-state index in [4.69, 9.17) is 4.74 Å². The monoisotopic (exact) mass is 274 g/mol. The molecular formula is C14H18N4O2. The third-order valence-corrected chi connectivity index (χ3v) is 2.79. The van der Waals surface area contributed by atoms with Crippen molar-refractivity contribution in [2.45, 2.75) is 6.54 Å². The number of carbonyl (C=O) groups is 1. The molecule has 2 rings (SSSR count). The van der Waals surface area contributed by atoms with Gasteiger partial charge in [-0.2, -0.15) is 5.10 Å². The maximum atomic E-state index is 11.9. The van der Waals surface area contributed by atoms with Gasteiger partial charge in [0, 0.05) is 24.0 Å². The number of H-pyrrole nitrogens is 1. The minimum atomic E-state index is -0.0545. The number of hydrogen-bond acceptors (Lipinski definition) is 4. The van der Waals surface area contributed by atoms with Gasteiger partial charge < -0.3 is 10.1 Å². The van der Waals surface area contributed by atoms with Gasteiger partial charge in [0.1, 0.15) is 5.75 Å². The first-order valence-corrected chi connectivity index (χ1v) is 6.27. The molecule has 1 aromatic heterocycles. The van der Waals surface area contributed by atoms with Gasteiger partial charge in [-0.3, -0.25) is 14.8 Å². The highest BCUT2D eigenvalue weighted by molar-refractivity contribution is 5.92. The molecule has 2 aromatic rings. The molecule has 0 spiro atoms. The Morgan fingerprint density at radius 1 is 1.40 bits per heavy atom. The van der Waals surface area contributed by atoms with E-state index in [9.17, 15) is 4.79 Å². The van der Waals surface area contributed by atoms with Crippen molar-refractivity contribution in [2.75, 3.05) is 26.0 Å². The van der Waals surface area contributed by atoms with Crippen molar-refractivity contribution < 1.29 is 9.53 Å². The van der Waals surface area contributed by atoms with E-state index in [2.05, 4.69) is 15.5 Å². The smallest absolute Gasteiger partial charge is 0.238 e. The van der Waals surface area contributed by atoms with Gasteiger partial charge in [0.15, 0.2) is 0 Å². The molecule has 1 aromatic carbocycles. The molecule has 0 radical (unpaired) electrons. The maximum Gasteiger partial charge on any atom is 0.238 e. The molecule has 20 heavy (non-hydrogen) atoms. The first-order valence-electron chi connectivity index (χ1n) is 6.27. The fourth-order valence-electron chi connectivity index (χ4n) is 1.85. The van der Waals surface area contributed by atoms with Crippen LogP contribution in [0.15, 0.2) is 36.7 Å². The van der Waals surface area contributed by atoms with Gasteiger partial charge in [-0.15, -0.1) is 0 Å². The molecule has 106 valence electrons. The number of methoxy groups -OCH3 is 1. The number of aromatic amines is 1. The summed E-state index contributed by atoms with van der Waals surface area (Å²) in [4.78, 5) is 13.8. The zero-order valence-electron chi connectivity index (χ0n) is 11.6. The van der Waals surface area contributed by atoms with E-state index >= 15 is 0 Å². The fraction of sp³-hybridized carbons (Fsp3) is 0.286. The lowest BCUT2D eigenvalue weighted by atomic mass is 10.3. The van der Waals surface area contributed by atoms with E-state index in [1.807, 2.05) is 42.4 Å². The summed E-state index contributed by atoms with van der Waals surface area (Å²) in [5.41, 5.74) is 1.80. The second kappa shape index (κ2) is 6.72. The van der Waals surface area contributed by atoms with Gasteiger partial charge in [-0.05, 0) is 31.3 Å². The molecule has 0 aliphatic heterocycles. The second-order valence-electron chi connectivity index (χ2n) is 4.56. The maximum absolute atomic E-state index is 11.9. The van der Waals surface area contributed by atoms with Crippen molar-refractivity contribution in [1.29, 1.82) is 0 Å². The quantitative estimate of drug-likeness (QED) is 0.837. The summed E-state index contributed by atoms with van der Waals surface area (Å²) in [7, 11) is 3.50. The summed E-state index contributed by atoms with van der Waals surface area (Å²) in [5, 5.41) is 9.47. The molecule has 6 nitrogen and oxygen atoms in total. The number of benzene rings is 1. The number of nitrogens with one attached hydrogen (secondary N) is 2. The van der Waals surface area contributed by atoms with Crippen LogP contribution in [0.3, 0.4) is 0 Å². The van der Waals surface area contributed by atoms with Crippen molar-refractivity contribution >= 4 is 11.6 Å². The molecule has 2 N–H and O–H groups in total. The lowest BCUT2D eigenvalue weighted by molar-refractivity contribution is -0.117.